The monoisotopic (exact) mass is 310 g/mol. The maximum absolute atomic E-state index is 12.3. The van der Waals surface area contributed by atoms with Crippen molar-refractivity contribution in [2.75, 3.05) is 13.1 Å². The predicted octanol–water partition coefficient (Wildman–Crippen LogP) is 3.02. The normalized spacial score (nSPS) is 23.1. The SMILES string of the molecule is O=C(NCCc1ccccc1OC(F)F)N1CC2CCC1C2. The summed E-state index contributed by atoms with van der Waals surface area (Å²) in [4.78, 5) is 14.1. The summed E-state index contributed by atoms with van der Waals surface area (Å²) in [7, 11) is 0. The first-order chi connectivity index (χ1) is 10.6. The molecule has 2 bridgehead atoms. The summed E-state index contributed by atoms with van der Waals surface area (Å²) >= 11 is 0. The van der Waals surface area contributed by atoms with E-state index in [0.717, 1.165) is 19.4 Å². The minimum absolute atomic E-state index is 0.0422. The van der Waals surface area contributed by atoms with Gasteiger partial charge in [-0.2, -0.15) is 8.78 Å². The van der Waals surface area contributed by atoms with Gasteiger partial charge in [0.15, 0.2) is 0 Å². The molecule has 1 aliphatic heterocycles. The molecule has 2 atom stereocenters. The Kier molecular flexibility index (Phi) is 4.45. The van der Waals surface area contributed by atoms with Crippen molar-refractivity contribution in [3.05, 3.63) is 29.8 Å². The van der Waals surface area contributed by atoms with Gasteiger partial charge in [-0.05, 0) is 43.2 Å². The lowest BCUT2D eigenvalue weighted by Crippen LogP contribution is -2.44. The van der Waals surface area contributed by atoms with Crippen molar-refractivity contribution in [1.82, 2.24) is 10.2 Å². The standard InChI is InChI=1S/C16H20F2N2O2/c17-15(18)22-14-4-2-1-3-12(14)7-8-19-16(21)20-10-11-5-6-13(20)9-11/h1-4,11,13,15H,5-10H2,(H,19,21). The Balaban J connectivity index is 1.50. The minimum atomic E-state index is -2.84. The van der Waals surface area contributed by atoms with Crippen LogP contribution in [-0.2, 0) is 6.42 Å². The molecule has 1 aromatic rings. The lowest BCUT2D eigenvalue weighted by Gasteiger charge is -2.27. The van der Waals surface area contributed by atoms with E-state index in [0.29, 0.717) is 30.5 Å². The number of para-hydroxylation sites is 1. The number of urea groups is 1. The van der Waals surface area contributed by atoms with Gasteiger partial charge in [-0.25, -0.2) is 4.79 Å². The van der Waals surface area contributed by atoms with Gasteiger partial charge in [0, 0.05) is 19.1 Å². The number of carbonyl (C=O) groups is 1. The van der Waals surface area contributed by atoms with Crippen molar-refractivity contribution in [2.45, 2.75) is 38.3 Å². The van der Waals surface area contributed by atoms with Gasteiger partial charge in [0.2, 0.25) is 0 Å². The highest BCUT2D eigenvalue weighted by atomic mass is 19.3. The van der Waals surface area contributed by atoms with Crippen LogP contribution in [0, 0.1) is 5.92 Å². The molecule has 2 fully saturated rings. The van der Waals surface area contributed by atoms with Gasteiger partial charge in [0.1, 0.15) is 5.75 Å². The maximum atomic E-state index is 12.3. The zero-order valence-electron chi connectivity index (χ0n) is 12.3. The number of ether oxygens (including phenoxy) is 1. The number of hydrogen-bond donors (Lipinski definition) is 1. The molecule has 0 aromatic heterocycles. The molecule has 1 aromatic carbocycles. The molecule has 1 N–H and O–H groups in total. The van der Waals surface area contributed by atoms with E-state index in [-0.39, 0.29) is 11.8 Å². The number of benzene rings is 1. The zero-order valence-corrected chi connectivity index (χ0v) is 12.3. The second-order valence-corrected chi connectivity index (χ2v) is 5.95. The van der Waals surface area contributed by atoms with E-state index in [1.807, 2.05) is 4.90 Å². The average Bonchev–Trinajstić information content (AvgIpc) is 3.11. The Labute approximate surface area is 128 Å². The Bertz CT molecular complexity index is 539. The van der Waals surface area contributed by atoms with Crippen molar-refractivity contribution >= 4 is 6.03 Å². The number of amides is 2. The number of fused-ring (bicyclic) bond motifs is 2. The van der Waals surface area contributed by atoms with Gasteiger partial charge in [0.25, 0.3) is 0 Å². The first kappa shape index (κ1) is 15.1. The summed E-state index contributed by atoms with van der Waals surface area (Å²) in [5.74, 6) is 0.836. The van der Waals surface area contributed by atoms with Gasteiger partial charge in [-0.3, -0.25) is 0 Å². The number of halogens is 2. The molecule has 1 heterocycles. The van der Waals surface area contributed by atoms with Crippen LogP contribution in [0.5, 0.6) is 5.75 Å². The Morgan fingerprint density at radius 3 is 2.86 bits per heavy atom. The number of carbonyl (C=O) groups excluding carboxylic acids is 1. The molecule has 120 valence electrons. The minimum Gasteiger partial charge on any atom is -0.435 e. The van der Waals surface area contributed by atoms with Crippen LogP contribution in [0.2, 0.25) is 0 Å². The van der Waals surface area contributed by atoms with Crippen LogP contribution in [0.3, 0.4) is 0 Å². The number of piperidine rings is 1. The molecule has 2 amide bonds. The molecule has 4 nitrogen and oxygen atoms in total. The van der Waals surface area contributed by atoms with Crippen LogP contribution in [0.1, 0.15) is 24.8 Å². The van der Waals surface area contributed by atoms with Gasteiger partial charge in [-0.1, -0.05) is 18.2 Å². The second-order valence-electron chi connectivity index (χ2n) is 5.95. The van der Waals surface area contributed by atoms with Crippen LogP contribution in [0.15, 0.2) is 24.3 Å². The Hall–Kier alpha value is -1.85. The fourth-order valence-electron chi connectivity index (χ4n) is 3.50. The number of alkyl halides is 2. The Morgan fingerprint density at radius 1 is 1.36 bits per heavy atom. The van der Waals surface area contributed by atoms with Crippen molar-refractivity contribution in [3.63, 3.8) is 0 Å². The van der Waals surface area contributed by atoms with Gasteiger partial charge >= 0.3 is 12.6 Å². The molecule has 1 aliphatic carbocycles. The number of hydrogen-bond acceptors (Lipinski definition) is 2. The van der Waals surface area contributed by atoms with E-state index < -0.39 is 6.61 Å². The van der Waals surface area contributed by atoms with Crippen molar-refractivity contribution in [3.8, 4) is 5.75 Å². The van der Waals surface area contributed by atoms with Gasteiger partial charge in [0.05, 0.1) is 0 Å². The molecule has 3 rings (SSSR count). The summed E-state index contributed by atoms with van der Waals surface area (Å²) in [6.07, 6.45) is 3.92. The Morgan fingerprint density at radius 2 is 2.18 bits per heavy atom. The molecule has 0 radical (unpaired) electrons. The van der Waals surface area contributed by atoms with E-state index >= 15 is 0 Å². The fourth-order valence-corrected chi connectivity index (χ4v) is 3.50. The highest BCUT2D eigenvalue weighted by Crippen LogP contribution is 2.37. The highest BCUT2D eigenvalue weighted by molar-refractivity contribution is 5.75. The van der Waals surface area contributed by atoms with Gasteiger partial charge in [-0.15, -0.1) is 0 Å². The lowest BCUT2D eigenvalue weighted by molar-refractivity contribution is -0.0504. The summed E-state index contributed by atoms with van der Waals surface area (Å²) in [6, 6.07) is 7.03. The molecule has 6 heteroatoms. The highest BCUT2D eigenvalue weighted by Gasteiger charge is 2.40. The predicted molar refractivity (Wildman–Crippen MR) is 78.0 cm³/mol. The van der Waals surface area contributed by atoms with Gasteiger partial charge < -0.3 is 15.0 Å². The van der Waals surface area contributed by atoms with Crippen molar-refractivity contribution < 1.29 is 18.3 Å². The molecule has 0 spiro atoms. The zero-order chi connectivity index (χ0) is 15.5. The second kappa shape index (κ2) is 6.50. The largest absolute Gasteiger partial charge is 0.435 e. The quantitative estimate of drug-likeness (QED) is 0.908. The van der Waals surface area contributed by atoms with E-state index in [1.54, 1.807) is 18.2 Å². The summed E-state index contributed by atoms with van der Waals surface area (Å²) < 4.78 is 29.2. The molecule has 1 saturated heterocycles. The molecule has 1 saturated carbocycles. The molecule has 2 unspecified atom stereocenters. The topological polar surface area (TPSA) is 41.6 Å². The average molecular weight is 310 g/mol. The van der Waals surface area contributed by atoms with E-state index in [2.05, 4.69) is 10.1 Å². The van der Waals surface area contributed by atoms with Crippen LogP contribution >= 0.6 is 0 Å². The maximum Gasteiger partial charge on any atom is 0.387 e. The number of rotatable bonds is 5. The first-order valence-electron chi connectivity index (χ1n) is 7.70. The number of nitrogens with zero attached hydrogens (tertiary/aromatic N) is 1. The van der Waals surface area contributed by atoms with E-state index in [9.17, 15) is 13.6 Å². The number of nitrogens with one attached hydrogen (secondary N) is 1. The lowest BCUT2D eigenvalue weighted by atomic mass is 10.1. The smallest absolute Gasteiger partial charge is 0.387 e. The van der Waals surface area contributed by atoms with Crippen LogP contribution in [0.4, 0.5) is 13.6 Å². The summed E-state index contributed by atoms with van der Waals surface area (Å²) in [6.45, 7) is -1.58. The summed E-state index contributed by atoms with van der Waals surface area (Å²) in [5.41, 5.74) is 0.672. The van der Waals surface area contributed by atoms with Crippen LogP contribution in [0.25, 0.3) is 0 Å². The van der Waals surface area contributed by atoms with E-state index in [1.165, 1.54) is 12.5 Å². The molecular formula is C16H20F2N2O2. The number of likely N-dealkylation sites (tertiary alicyclic amines) is 1. The summed E-state index contributed by atoms with van der Waals surface area (Å²) in [5, 5.41) is 2.88. The first-order valence-corrected chi connectivity index (χ1v) is 7.70. The van der Waals surface area contributed by atoms with Crippen LogP contribution < -0.4 is 10.1 Å². The van der Waals surface area contributed by atoms with Crippen LogP contribution in [-0.4, -0.2) is 36.7 Å². The third kappa shape index (κ3) is 3.31. The fraction of sp³-hybridized carbons (Fsp3) is 0.562. The molecule has 22 heavy (non-hydrogen) atoms. The van der Waals surface area contributed by atoms with Crippen molar-refractivity contribution in [1.29, 1.82) is 0 Å². The molecular weight excluding hydrogens is 290 g/mol. The third-order valence-electron chi connectivity index (χ3n) is 4.53. The third-order valence-corrected chi connectivity index (χ3v) is 4.53. The van der Waals surface area contributed by atoms with E-state index in [4.69, 9.17) is 0 Å². The van der Waals surface area contributed by atoms with Crippen molar-refractivity contribution in [2.24, 2.45) is 5.92 Å². The molecule has 2 aliphatic rings.